The maximum Gasteiger partial charge on any atom is 0.285 e. The first-order chi connectivity index (χ1) is 14.1. The molecule has 0 bridgehead atoms. The minimum absolute atomic E-state index is 0.253. The third-order valence-electron chi connectivity index (χ3n) is 4.86. The molecule has 1 saturated heterocycles. The van der Waals surface area contributed by atoms with Crippen molar-refractivity contribution in [1.82, 2.24) is 20.4 Å². The number of hydrogen-bond acceptors (Lipinski definition) is 4. The highest BCUT2D eigenvalue weighted by Crippen LogP contribution is 2.30. The number of nitrogens with zero attached hydrogens (tertiary/aromatic N) is 3. The van der Waals surface area contributed by atoms with Crippen LogP contribution in [0.25, 0.3) is 22.5 Å². The molecule has 1 fully saturated rings. The summed E-state index contributed by atoms with van der Waals surface area (Å²) in [7, 11) is 0. The van der Waals surface area contributed by atoms with E-state index in [-0.39, 0.29) is 11.6 Å². The Morgan fingerprint density at radius 1 is 0.828 bits per heavy atom. The molecule has 0 radical (unpaired) electrons. The number of amides is 1. The smallest absolute Gasteiger partial charge is 0.283 e. The number of aromatic nitrogens is 2. The fourth-order valence-corrected chi connectivity index (χ4v) is 3.59. The number of piperidine rings is 1. The highest BCUT2D eigenvalue weighted by Gasteiger charge is 2.19. The standard InChI is InChI=1S/C22H20Cl2N4O/c23-17-8-4-15(5-9-17)20-21(16-6-10-18(24)11-7-16)26-19(14-25-20)22(29)27-28-12-2-1-3-13-28/h4-11,14H,1-3,12-13H2,(H,27,29). The van der Waals surface area contributed by atoms with E-state index >= 15 is 0 Å². The first-order valence-corrected chi connectivity index (χ1v) is 10.3. The van der Waals surface area contributed by atoms with Gasteiger partial charge in [-0.05, 0) is 37.1 Å². The first-order valence-electron chi connectivity index (χ1n) is 9.55. The summed E-state index contributed by atoms with van der Waals surface area (Å²) in [4.78, 5) is 22.0. The fraction of sp³-hybridized carbons (Fsp3) is 0.227. The van der Waals surface area contributed by atoms with Crippen molar-refractivity contribution >= 4 is 29.1 Å². The molecular weight excluding hydrogens is 407 g/mol. The Kier molecular flexibility index (Phi) is 6.09. The lowest BCUT2D eigenvalue weighted by Crippen LogP contribution is -2.45. The second-order valence-electron chi connectivity index (χ2n) is 6.95. The molecule has 4 rings (SSSR count). The van der Waals surface area contributed by atoms with E-state index in [1.165, 1.54) is 12.6 Å². The average Bonchev–Trinajstić information content (AvgIpc) is 2.75. The number of carbonyl (C=O) groups excluding carboxylic acids is 1. The minimum atomic E-state index is -0.253. The van der Waals surface area contributed by atoms with Gasteiger partial charge in [0.1, 0.15) is 5.69 Å². The Morgan fingerprint density at radius 3 is 1.97 bits per heavy atom. The van der Waals surface area contributed by atoms with Crippen molar-refractivity contribution in [2.45, 2.75) is 19.3 Å². The van der Waals surface area contributed by atoms with Crippen LogP contribution in [0.3, 0.4) is 0 Å². The third-order valence-corrected chi connectivity index (χ3v) is 5.36. The Labute approximate surface area is 179 Å². The number of rotatable bonds is 4. The molecule has 0 atom stereocenters. The van der Waals surface area contributed by atoms with Crippen LogP contribution in [0.4, 0.5) is 0 Å². The van der Waals surface area contributed by atoms with Gasteiger partial charge in [-0.2, -0.15) is 0 Å². The molecule has 1 aliphatic rings. The van der Waals surface area contributed by atoms with E-state index in [2.05, 4.69) is 15.4 Å². The molecule has 0 spiro atoms. The highest BCUT2D eigenvalue weighted by molar-refractivity contribution is 6.31. The molecule has 1 amide bonds. The van der Waals surface area contributed by atoms with Gasteiger partial charge in [-0.15, -0.1) is 0 Å². The molecule has 0 unspecified atom stereocenters. The maximum atomic E-state index is 12.7. The molecule has 2 aromatic carbocycles. The molecule has 3 aromatic rings. The zero-order chi connectivity index (χ0) is 20.2. The largest absolute Gasteiger partial charge is 0.285 e. The summed E-state index contributed by atoms with van der Waals surface area (Å²) >= 11 is 12.1. The first kappa shape index (κ1) is 19.8. The third kappa shape index (κ3) is 4.75. The number of nitrogens with one attached hydrogen (secondary N) is 1. The second kappa shape index (κ2) is 8.91. The molecule has 5 nitrogen and oxygen atoms in total. The van der Waals surface area contributed by atoms with Crippen LogP contribution in [-0.2, 0) is 0 Å². The SMILES string of the molecule is O=C(NN1CCCCC1)c1cnc(-c2ccc(Cl)cc2)c(-c2ccc(Cl)cc2)n1. The van der Waals surface area contributed by atoms with Gasteiger partial charge in [-0.25, -0.2) is 9.99 Å². The number of hydrogen-bond donors (Lipinski definition) is 1. The average molecular weight is 427 g/mol. The summed E-state index contributed by atoms with van der Waals surface area (Å²) in [5, 5.41) is 3.23. The van der Waals surface area contributed by atoms with Crippen molar-refractivity contribution in [3.8, 4) is 22.5 Å². The van der Waals surface area contributed by atoms with Gasteiger partial charge in [-0.1, -0.05) is 53.9 Å². The summed E-state index contributed by atoms with van der Waals surface area (Å²) in [5.74, 6) is -0.253. The van der Waals surface area contributed by atoms with E-state index in [0.717, 1.165) is 37.1 Å². The molecular formula is C22H20Cl2N4O. The number of halogens is 2. The van der Waals surface area contributed by atoms with Crippen LogP contribution in [-0.4, -0.2) is 34.0 Å². The van der Waals surface area contributed by atoms with Crippen LogP contribution in [0.15, 0.2) is 54.7 Å². The summed E-state index contributed by atoms with van der Waals surface area (Å²) < 4.78 is 0. The second-order valence-corrected chi connectivity index (χ2v) is 7.83. The Bertz CT molecular complexity index is 1000. The van der Waals surface area contributed by atoms with Crippen LogP contribution in [0.1, 0.15) is 29.8 Å². The molecule has 1 aliphatic heterocycles. The van der Waals surface area contributed by atoms with Crippen LogP contribution < -0.4 is 5.43 Å². The predicted molar refractivity (Wildman–Crippen MR) is 116 cm³/mol. The van der Waals surface area contributed by atoms with Gasteiger partial charge in [0.25, 0.3) is 5.91 Å². The Balaban J connectivity index is 1.71. The lowest BCUT2D eigenvalue weighted by molar-refractivity contribution is 0.0744. The molecule has 1 N–H and O–H groups in total. The van der Waals surface area contributed by atoms with Crippen molar-refractivity contribution in [3.05, 3.63) is 70.5 Å². The van der Waals surface area contributed by atoms with Crippen LogP contribution in [0.2, 0.25) is 10.0 Å². The number of hydrazine groups is 1. The van der Waals surface area contributed by atoms with Gasteiger partial charge in [0.2, 0.25) is 0 Å². The van der Waals surface area contributed by atoms with Crippen LogP contribution in [0, 0.1) is 0 Å². The van der Waals surface area contributed by atoms with Crippen molar-refractivity contribution in [1.29, 1.82) is 0 Å². The lowest BCUT2D eigenvalue weighted by Gasteiger charge is -2.26. The Hall–Kier alpha value is -2.47. The zero-order valence-electron chi connectivity index (χ0n) is 15.7. The van der Waals surface area contributed by atoms with Crippen LogP contribution in [0.5, 0.6) is 0 Å². The summed E-state index contributed by atoms with van der Waals surface area (Å²) in [6, 6.07) is 14.7. The van der Waals surface area contributed by atoms with Gasteiger partial charge >= 0.3 is 0 Å². The number of carbonyl (C=O) groups is 1. The van der Waals surface area contributed by atoms with Gasteiger partial charge in [-0.3, -0.25) is 15.2 Å². The van der Waals surface area contributed by atoms with E-state index in [0.29, 0.717) is 21.4 Å². The highest BCUT2D eigenvalue weighted by atomic mass is 35.5. The monoisotopic (exact) mass is 426 g/mol. The molecule has 0 saturated carbocycles. The summed E-state index contributed by atoms with van der Waals surface area (Å²) in [5.41, 5.74) is 6.22. The Morgan fingerprint density at radius 2 is 1.38 bits per heavy atom. The lowest BCUT2D eigenvalue weighted by atomic mass is 10.0. The van der Waals surface area contributed by atoms with E-state index in [4.69, 9.17) is 23.2 Å². The van der Waals surface area contributed by atoms with Gasteiger partial charge in [0, 0.05) is 34.3 Å². The molecule has 0 aliphatic carbocycles. The number of benzene rings is 2. The summed E-state index contributed by atoms with van der Waals surface area (Å²) in [6.07, 6.45) is 4.88. The van der Waals surface area contributed by atoms with Crippen molar-refractivity contribution in [2.75, 3.05) is 13.1 Å². The molecule has 29 heavy (non-hydrogen) atoms. The zero-order valence-corrected chi connectivity index (χ0v) is 17.2. The molecule has 2 heterocycles. The normalized spacial score (nSPS) is 14.6. The maximum absolute atomic E-state index is 12.7. The predicted octanol–water partition coefficient (Wildman–Crippen LogP) is 5.25. The molecule has 7 heteroatoms. The molecule has 1 aromatic heterocycles. The van der Waals surface area contributed by atoms with Gasteiger partial charge in [0.15, 0.2) is 0 Å². The molecule has 148 valence electrons. The summed E-state index contributed by atoms with van der Waals surface area (Å²) in [6.45, 7) is 1.71. The van der Waals surface area contributed by atoms with Gasteiger partial charge < -0.3 is 0 Å². The fourth-order valence-electron chi connectivity index (χ4n) is 3.33. The van der Waals surface area contributed by atoms with E-state index < -0.39 is 0 Å². The van der Waals surface area contributed by atoms with Crippen LogP contribution >= 0.6 is 23.2 Å². The quantitative estimate of drug-likeness (QED) is 0.618. The van der Waals surface area contributed by atoms with E-state index in [1.807, 2.05) is 29.3 Å². The van der Waals surface area contributed by atoms with Crippen molar-refractivity contribution in [3.63, 3.8) is 0 Å². The van der Waals surface area contributed by atoms with Crippen molar-refractivity contribution < 1.29 is 4.79 Å². The van der Waals surface area contributed by atoms with Crippen molar-refractivity contribution in [2.24, 2.45) is 0 Å². The topological polar surface area (TPSA) is 58.1 Å². The minimum Gasteiger partial charge on any atom is -0.283 e. The van der Waals surface area contributed by atoms with E-state index in [9.17, 15) is 4.79 Å². The van der Waals surface area contributed by atoms with E-state index in [1.54, 1.807) is 24.3 Å². The van der Waals surface area contributed by atoms with Gasteiger partial charge in [0.05, 0.1) is 17.6 Å².